The SMILES string of the molecule is CCN(CC)C(CNC(=O)C1CC(C2CC2)NN1)c1ccccc1. The lowest BCUT2D eigenvalue weighted by atomic mass is 10.0. The number of benzene rings is 1. The summed E-state index contributed by atoms with van der Waals surface area (Å²) in [6, 6.07) is 11.0. The summed E-state index contributed by atoms with van der Waals surface area (Å²) < 4.78 is 0. The number of likely N-dealkylation sites (N-methyl/N-ethyl adjacent to an activating group) is 1. The fourth-order valence-corrected chi connectivity index (χ4v) is 3.68. The lowest BCUT2D eigenvalue weighted by molar-refractivity contribution is -0.123. The molecular formula is C19H30N4O. The Labute approximate surface area is 145 Å². The molecule has 0 aromatic heterocycles. The van der Waals surface area contributed by atoms with Gasteiger partial charge < -0.3 is 5.32 Å². The van der Waals surface area contributed by atoms with E-state index in [1.165, 1.54) is 18.4 Å². The lowest BCUT2D eigenvalue weighted by Gasteiger charge is -2.30. The Morgan fingerprint density at radius 1 is 1.21 bits per heavy atom. The molecule has 5 heteroatoms. The molecule has 3 unspecified atom stereocenters. The molecule has 132 valence electrons. The first kappa shape index (κ1) is 17.4. The summed E-state index contributed by atoms with van der Waals surface area (Å²) in [5.41, 5.74) is 7.72. The Morgan fingerprint density at radius 2 is 1.92 bits per heavy atom. The first-order valence-electron chi connectivity index (χ1n) is 9.30. The average molecular weight is 330 g/mol. The minimum atomic E-state index is -0.108. The molecule has 1 aliphatic heterocycles. The molecule has 5 nitrogen and oxygen atoms in total. The van der Waals surface area contributed by atoms with E-state index >= 15 is 0 Å². The second-order valence-electron chi connectivity index (χ2n) is 6.91. The van der Waals surface area contributed by atoms with Crippen molar-refractivity contribution in [3.05, 3.63) is 35.9 Å². The molecule has 0 radical (unpaired) electrons. The van der Waals surface area contributed by atoms with Gasteiger partial charge in [0.15, 0.2) is 0 Å². The van der Waals surface area contributed by atoms with Gasteiger partial charge in [0, 0.05) is 12.6 Å². The fraction of sp³-hybridized carbons (Fsp3) is 0.632. The van der Waals surface area contributed by atoms with Gasteiger partial charge in [-0.05, 0) is 43.8 Å². The van der Waals surface area contributed by atoms with Gasteiger partial charge in [-0.25, -0.2) is 5.43 Å². The van der Waals surface area contributed by atoms with Crippen molar-refractivity contribution in [2.45, 2.75) is 51.2 Å². The lowest BCUT2D eigenvalue weighted by Crippen LogP contribution is -2.46. The zero-order chi connectivity index (χ0) is 16.9. The Bertz CT molecular complexity index is 527. The maximum atomic E-state index is 12.5. The van der Waals surface area contributed by atoms with Gasteiger partial charge in [-0.3, -0.25) is 15.1 Å². The van der Waals surface area contributed by atoms with Crippen molar-refractivity contribution in [2.24, 2.45) is 5.92 Å². The highest BCUT2D eigenvalue weighted by Crippen LogP contribution is 2.35. The smallest absolute Gasteiger partial charge is 0.238 e. The second kappa shape index (κ2) is 8.10. The molecule has 1 saturated heterocycles. The third kappa shape index (κ3) is 4.15. The molecular weight excluding hydrogens is 300 g/mol. The highest BCUT2D eigenvalue weighted by Gasteiger charge is 2.38. The number of hydrazine groups is 1. The standard InChI is InChI=1S/C19H30N4O/c1-3-23(4-2)18(15-8-6-5-7-9-15)13-20-19(24)17-12-16(21-22-17)14-10-11-14/h5-9,14,16-18,21-22H,3-4,10-13H2,1-2H3,(H,20,24). The maximum Gasteiger partial charge on any atom is 0.238 e. The monoisotopic (exact) mass is 330 g/mol. The maximum absolute atomic E-state index is 12.5. The molecule has 0 spiro atoms. The highest BCUT2D eigenvalue weighted by molar-refractivity contribution is 5.82. The molecule has 1 aromatic carbocycles. The van der Waals surface area contributed by atoms with Crippen LogP contribution in [-0.4, -0.2) is 42.5 Å². The Hall–Kier alpha value is -1.43. The molecule has 1 amide bonds. The summed E-state index contributed by atoms with van der Waals surface area (Å²) in [6.07, 6.45) is 3.50. The largest absolute Gasteiger partial charge is 0.353 e. The van der Waals surface area contributed by atoms with E-state index < -0.39 is 0 Å². The van der Waals surface area contributed by atoms with Gasteiger partial charge >= 0.3 is 0 Å². The minimum Gasteiger partial charge on any atom is -0.353 e. The van der Waals surface area contributed by atoms with Crippen molar-refractivity contribution in [1.29, 1.82) is 0 Å². The van der Waals surface area contributed by atoms with Crippen LogP contribution in [0.1, 0.15) is 44.7 Å². The van der Waals surface area contributed by atoms with Crippen LogP contribution in [0.2, 0.25) is 0 Å². The van der Waals surface area contributed by atoms with Crippen molar-refractivity contribution < 1.29 is 4.79 Å². The number of nitrogens with zero attached hydrogens (tertiary/aromatic N) is 1. The van der Waals surface area contributed by atoms with Gasteiger partial charge in [-0.15, -0.1) is 0 Å². The van der Waals surface area contributed by atoms with E-state index in [4.69, 9.17) is 0 Å². The Morgan fingerprint density at radius 3 is 2.54 bits per heavy atom. The normalized spacial score (nSPS) is 25.0. The van der Waals surface area contributed by atoms with Crippen molar-refractivity contribution in [3.63, 3.8) is 0 Å². The van der Waals surface area contributed by atoms with Crippen molar-refractivity contribution in [1.82, 2.24) is 21.1 Å². The van der Waals surface area contributed by atoms with Crippen molar-refractivity contribution >= 4 is 5.91 Å². The van der Waals surface area contributed by atoms with Crippen LogP contribution in [0, 0.1) is 5.92 Å². The first-order valence-corrected chi connectivity index (χ1v) is 9.30. The summed E-state index contributed by atoms with van der Waals surface area (Å²) in [7, 11) is 0. The molecule has 2 aliphatic rings. The van der Waals surface area contributed by atoms with Crippen LogP contribution in [0.25, 0.3) is 0 Å². The van der Waals surface area contributed by atoms with Gasteiger partial charge in [0.05, 0.1) is 6.04 Å². The average Bonchev–Trinajstić information content (AvgIpc) is 3.36. The molecule has 3 rings (SSSR count). The van der Waals surface area contributed by atoms with Crippen LogP contribution < -0.4 is 16.2 Å². The van der Waals surface area contributed by atoms with E-state index in [2.05, 4.69) is 59.2 Å². The van der Waals surface area contributed by atoms with E-state index in [1.807, 2.05) is 6.07 Å². The molecule has 1 aliphatic carbocycles. The number of hydrogen-bond donors (Lipinski definition) is 3. The Kier molecular flexibility index (Phi) is 5.87. The van der Waals surface area contributed by atoms with E-state index in [1.54, 1.807) is 0 Å². The Balaban J connectivity index is 1.57. The van der Waals surface area contributed by atoms with Gasteiger partial charge in [0.2, 0.25) is 5.91 Å². The van der Waals surface area contributed by atoms with Crippen LogP contribution in [0.3, 0.4) is 0 Å². The molecule has 0 bridgehead atoms. The van der Waals surface area contributed by atoms with Crippen LogP contribution in [-0.2, 0) is 4.79 Å². The van der Waals surface area contributed by atoms with Gasteiger partial charge in [-0.1, -0.05) is 44.2 Å². The molecule has 3 atom stereocenters. The molecule has 1 saturated carbocycles. The van der Waals surface area contributed by atoms with E-state index in [-0.39, 0.29) is 18.0 Å². The second-order valence-corrected chi connectivity index (χ2v) is 6.91. The highest BCUT2D eigenvalue weighted by atomic mass is 16.2. The van der Waals surface area contributed by atoms with E-state index in [9.17, 15) is 4.79 Å². The summed E-state index contributed by atoms with van der Waals surface area (Å²) in [6.45, 7) is 6.93. The quantitative estimate of drug-likeness (QED) is 0.681. The number of amides is 1. The van der Waals surface area contributed by atoms with Crippen molar-refractivity contribution in [2.75, 3.05) is 19.6 Å². The topological polar surface area (TPSA) is 56.4 Å². The van der Waals surface area contributed by atoms with Gasteiger partial charge in [0.25, 0.3) is 0 Å². The predicted octanol–water partition coefficient (Wildman–Crippen LogP) is 1.83. The van der Waals surface area contributed by atoms with E-state index in [0.717, 1.165) is 25.4 Å². The summed E-state index contributed by atoms with van der Waals surface area (Å²) in [4.78, 5) is 14.9. The molecule has 1 heterocycles. The summed E-state index contributed by atoms with van der Waals surface area (Å²) in [5.74, 6) is 0.877. The number of carbonyl (C=O) groups is 1. The van der Waals surface area contributed by atoms with E-state index in [0.29, 0.717) is 12.6 Å². The zero-order valence-corrected chi connectivity index (χ0v) is 14.8. The zero-order valence-electron chi connectivity index (χ0n) is 14.8. The predicted molar refractivity (Wildman–Crippen MR) is 96.3 cm³/mol. The first-order chi connectivity index (χ1) is 11.7. The molecule has 1 aromatic rings. The van der Waals surface area contributed by atoms with Gasteiger partial charge in [0.1, 0.15) is 6.04 Å². The molecule has 3 N–H and O–H groups in total. The van der Waals surface area contributed by atoms with Crippen LogP contribution in [0.5, 0.6) is 0 Å². The number of nitrogens with one attached hydrogen (secondary N) is 3. The summed E-state index contributed by atoms with van der Waals surface area (Å²) >= 11 is 0. The summed E-state index contributed by atoms with van der Waals surface area (Å²) in [5, 5.41) is 3.17. The minimum absolute atomic E-state index is 0.108. The number of carbonyl (C=O) groups excluding carboxylic acids is 1. The third-order valence-electron chi connectivity index (χ3n) is 5.35. The van der Waals surface area contributed by atoms with Crippen LogP contribution in [0.4, 0.5) is 0 Å². The van der Waals surface area contributed by atoms with Crippen LogP contribution >= 0.6 is 0 Å². The third-order valence-corrected chi connectivity index (χ3v) is 5.35. The fourth-order valence-electron chi connectivity index (χ4n) is 3.68. The molecule has 2 fully saturated rings. The van der Waals surface area contributed by atoms with Gasteiger partial charge in [-0.2, -0.15) is 0 Å². The van der Waals surface area contributed by atoms with Crippen LogP contribution in [0.15, 0.2) is 30.3 Å². The molecule has 24 heavy (non-hydrogen) atoms. The number of rotatable bonds is 8. The number of hydrogen-bond acceptors (Lipinski definition) is 4. The van der Waals surface area contributed by atoms with Crippen molar-refractivity contribution in [3.8, 4) is 0 Å².